The number of piperidine rings is 1. The summed E-state index contributed by atoms with van der Waals surface area (Å²) in [6.45, 7) is 6.27. The molecule has 2 amide bonds. The van der Waals surface area contributed by atoms with Crippen molar-refractivity contribution in [2.45, 2.75) is 26.2 Å². The molecule has 0 saturated carbocycles. The van der Waals surface area contributed by atoms with E-state index in [0.717, 1.165) is 32.0 Å². The fourth-order valence-electron chi connectivity index (χ4n) is 3.47. The van der Waals surface area contributed by atoms with E-state index in [1.807, 2.05) is 11.8 Å². The van der Waals surface area contributed by atoms with Gasteiger partial charge in [0.05, 0.1) is 5.92 Å². The third-order valence-electron chi connectivity index (χ3n) is 4.87. The fourth-order valence-corrected chi connectivity index (χ4v) is 3.47. The molecule has 3 rings (SSSR count). The van der Waals surface area contributed by atoms with Crippen molar-refractivity contribution < 1.29 is 9.59 Å². The van der Waals surface area contributed by atoms with Gasteiger partial charge in [-0.1, -0.05) is 0 Å². The fraction of sp³-hybridized carbons (Fsp3) is 0.647. The number of hydrogen-bond donors (Lipinski definition) is 0. The molecule has 3 heterocycles. The highest BCUT2D eigenvalue weighted by Gasteiger charge is 2.32. The van der Waals surface area contributed by atoms with Gasteiger partial charge in [0, 0.05) is 58.1 Å². The summed E-state index contributed by atoms with van der Waals surface area (Å²) in [7, 11) is 0. The number of likely N-dealkylation sites (tertiary alicyclic amines) is 1. The summed E-state index contributed by atoms with van der Waals surface area (Å²) in [6, 6.07) is 1.81. The van der Waals surface area contributed by atoms with Gasteiger partial charge in [-0.2, -0.15) is 0 Å². The molecule has 0 bridgehead atoms. The van der Waals surface area contributed by atoms with Crippen molar-refractivity contribution in [3.63, 3.8) is 0 Å². The third kappa shape index (κ3) is 3.66. The number of nitrogens with zero attached hydrogens (tertiary/aromatic N) is 5. The number of hydrogen-bond acceptors (Lipinski definition) is 5. The first kappa shape index (κ1) is 16.7. The van der Waals surface area contributed by atoms with Crippen LogP contribution in [0.15, 0.2) is 18.5 Å². The topological polar surface area (TPSA) is 69.6 Å². The van der Waals surface area contributed by atoms with Crippen molar-refractivity contribution in [1.82, 2.24) is 19.8 Å². The second-order valence-corrected chi connectivity index (χ2v) is 6.38. The molecule has 7 heteroatoms. The third-order valence-corrected chi connectivity index (χ3v) is 4.87. The van der Waals surface area contributed by atoms with Crippen molar-refractivity contribution in [1.29, 1.82) is 0 Å². The molecular formula is C17H25N5O2. The summed E-state index contributed by atoms with van der Waals surface area (Å²) in [4.78, 5) is 39.2. The second-order valence-electron chi connectivity index (χ2n) is 6.38. The Morgan fingerprint density at radius 1 is 1.21 bits per heavy atom. The normalized spacial score (nSPS) is 22.5. The molecule has 2 saturated heterocycles. The minimum atomic E-state index is -0.0535. The van der Waals surface area contributed by atoms with Crippen LogP contribution in [0.2, 0.25) is 0 Å². The lowest BCUT2D eigenvalue weighted by Gasteiger charge is -2.34. The molecule has 0 N–H and O–H groups in total. The highest BCUT2D eigenvalue weighted by Crippen LogP contribution is 2.21. The van der Waals surface area contributed by atoms with Crippen LogP contribution >= 0.6 is 0 Å². The molecule has 0 unspecified atom stereocenters. The van der Waals surface area contributed by atoms with Crippen LogP contribution in [0.25, 0.3) is 0 Å². The molecule has 2 aliphatic heterocycles. The predicted molar refractivity (Wildman–Crippen MR) is 90.4 cm³/mol. The highest BCUT2D eigenvalue weighted by molar-refractivity contribution is 5.84. The van der Waals surface area contributed by atoms with E-state index in [9.17, 15) is 9.59 Å². The van der Waals surface area contributed by atoms with Gasteiger partial charge < -0.3 is 14.7 Å². The van der Waals surface area contributed by atoms with Gasteiger partial charge in [0.1, 0.15) is 0 Å². The average molecular weight is 331 g/mol. The van der Waals surface area contributed by atoms with E-state index in [2.05, 4.69) is 14.9 Å². The number of amides is 2. The summed E-state index contributed by atoms with van der Waals surface area (Å²) < 4.78 is 0. The number of carbonyl (C=O) groups is 2. The van der Waals surface area contributed by atoms with Crippen LogP contribution < -0.4 is 4.90 Å². The smallest absolute Gasteiger partial charge is 0.227 e. The van der Waals surface area contributed by atoms with Gasteiger partial charge in [-0.05, 0) is 25.8 Å². The van der Waals surface area contributed by atoms with E-state index < -0.39 is 0 Å². The summed E-state index contributed by atoms with van der Waals surface area (Å²) in [5, 5.41) is 0. The van der Waals surface area contributed by atoms with Gasteiger partial charge in [-0.3, -0.25) is 9.59 Å². The molecule has 24 heavy (non-hydrogen) atoms. The summed E-state index contributed by atoms with van der Waals surface area (Å²) in [6.07, 6.45) is 5.56. The zero-order valence-electron chi connectivity index (χ0n) is 14.2. The van der Waals surface area contributed by atoms with Gasteiger partial charge in [-0.15, -0.1) is 0 Å². The standard InChI is InChI=1S/C17H25N5O2/c1-2-20-13-14(5-6-15(20)23)16(24)21-9-4-10-22(12-11-21)17-18-7-3-8-19-17/h3,7-8,14H,2,4-6,9-13H2,1H3/t14-/m1/s1. The molecule has 0 aliphatic carbocycles. The zero-order chi connectivity index (χ0) is 16.9. The monoisotopic (exact) mass is 331 g/mol. The molecule has 1 atom stereocenters. The number of carbonyl (C=O) groups excluding carboxylic acids is 2. The molecule has 1 aromatic rings. The van der Waals surface area contributed by atoms with Crippen LogP contribution in [0.4, 0.5) is 5.95 Å². The maximum Gasteiger partial charge on any atom is 0.227 e. The molecule has 1 aromatic heterocycles. The van der Waals surface area contributed by atoms with E-state index in [4.69, 9.17) is 0 Å². The Labute approximate surface area is 142 Å². The summed E-state index contributed by atoms with van der Waals surface area (Å²) >= 11 is 0. The second kappa shape index (κ2) is 7.59. The largest absolute Gasteiger partial charge is 0.342 e. The minimum Gasteiger partial charge on any atom is -0.342 e. The van der Waals surface area contributed by atoms with Gasteiger partial charge in [-0.25, -0.2) is 9.97 Å². The van der Waals surface area contributed by atoms with E-state index in [1.165, 1.54) is 0 Å². The Morgan fingerprint density at radius 3 is 2.75 bits per heavy atom. The first-order valence-corrected chi connectivity index (χ1v) is 8.77. The van der Waals surface area contributed by atoms with Crippen molar-refractivity contribution in [2.75, 3.05) is 44.2 Å². The quantitative estimate of drug-likeness (QED) is 0.818. The Balaban J connectivity index is 1.59. The van der Waals surface area contributed by atoms with Crippen LogP contribution in [-0.4, -0.2) is 70.9 Å². The molecule has 0 radical (unpaired) electrons. The highest BCUT2D eigenvalue weighted by atomic mass is 16.2. The first-order valence-electron chi connectivity index (χ1n) is 8.77. The zero-order valence-corrected chi connectivity index (χ0v) is 14.2. The molecule has 0 spiro atoms. The van der Waals surface area contributed by atoms with Gasteiger partial charge in [0.25, 0.3) is 0 Å². The predicted octanol–water partition coefficient (Wildman–Crippen LogP) is 0.774. The van der Waals surface area contributed by atoms with Crippen LogP contribution in [0.1, 0.15) is 26.2 Å². The maximum absolute atomic E-state index is 12.9. The van der Waals surface area contributed by atoms with Gasteiger partial charge in [0.2, 0.25) is 17.8 Å². The van der Waals surface area contributed by atoms with Crippen molar-refractivity contribution in [2.24, 2.45) is 5.92 Å². The molecule has 130 valence electrons. The Morgan fingerprint density at radius 2 is 2.00 bits per heavy atom. The van der Waals surface area contributed by atoms with Gasteiger partial charge >= 0.3 is 0 Å². The van der Waals surface area contributed by atoms with E-state index >= 15 is 0 Å². The van der Waals surface area contributed by atoms with Crippen molar-refractivity contribution in [3.05, 3.63) is 18.5 Å². The molecule has 7 nitrogen and oxygen atoms in total. The molecule has 0 aromatic carbocycles. The van der Waals surface area contributed by atoms with Crippen LogP contribution in [0.5, 0.6) is 0 Å². The average Bonchev–Trinajstić information content (AvgIpc) is 2.88. The summed E-state index contributed by atoms with van der Waals surface area (Å²) in [5.41, 5.74) is 0. The van der Waals surface area contributed by atoms with Crippen molar-refractivity contribution in [3.8, 4) is 0 Å². The van der Waals surface area contributed by atoms with Crippen LogP contribution in [-0.2, 0) is 9.59 Å². The number of aromatic nitrogens is 2. The Hall–Kier alpha value is -2.18. The van der Waals surface area contributed by atoms with E-state index in [0.29, 0.717) is 32.5 Å². The molecule has 2 fully saturated rings. The molecule has 2 aliphatic rings. The van der Waals surface area contributed by atoms with Crippen LogP contribution in [0.3, 0.4) is 0 Å². The van der Waals surface area contributed by atoms with E-state index in [-0.39, 0.29) is 17.7 Å². The number of rotatable bonds is 3. The first-order chi connectivity index (χ1) is 11.7. The minimum absolute atomic E-state index is 0.0535. The Bertz CT molecular complexity index is 580. The van der Waals surface area contributed by atoms with Crippen molar-refractivity contribution >= 4 is 17.8 Å². The van der Waals surface area contributed by atoms with Gasteiger partial charge in [0.15, 0.2) is 0 Å². The maximum atomic E-state index is 12.9. The lowest BCUT2D eigenvalue weighted by Crippen LogP contribution is -2.47. The lowest BCUT2D eigenvalue weighted by atomic mass is 9.96. The van der Waals surface area contributed by atoms with Crippen LogP contribution in [0, 0.1) is 5.92 Å². The van der Waals surface area contributed by atoms with E-state index in [1.54, 1.807) is 23.4 Å². The Kier molecular flexibility index (Phi) is 5.27. The number of anilines is 1. The summed E-state index contributed by atoms with van der Waals surface area (Å²) in [5.74, 6) is 1.04. The SMILES string of the molecule is CCN1C[C@H](C(=O)N2CCCN(c3ncccn3)CC2)CCC1=O. The lowest BCUT2D eigenvalue weighted by molar-refractivity contribution is -0.142. The molecular weight excluding hydrogens is 306 g/mol.